The van der Waals surface area contributed by atoms with Crippen molar-refractivity contribution in [3.63, 3.8) is 0 Å². The molecule has 0 spiro atoms. The summed E-state index contributed by atoms with van der Waals surface area (Å²) in [6.07, 6.45) is 0. The van der Waals surface area contributed by atoms with Gasteiger partial charge in [0.2, 0.25) is 0 Å². The summed E-state index contributed by atoms with van der Waals surface area (Å²) < 4.78 is 0. The van der Waals surface area contributed by atoms with Crippen molar-refractivity contribution in [2.24, 2.45) is 0 Å². The molecule has 0 saturated heterocycles. The number of nitrogens with zero attached hydrogens (tertiary/aromatic N) is 3. The van der Waals surface area contributed by atoms with Crippen LogP contribution in [-0.2, 0) is 0 Å². The molecule has 0 radical (unpaired) electrons. The molecule has 0 fully saturated rings. The predicted molar refractivity (Wildman–Crippen MR) is 89.7 cm³/mol. The number of aryl methyl sites for hydroxylation is 1. The summed E-state index contributed by atoms with van der Waals surface area (Å²) in [5, 5.41) is 10.6. The topological polar surface area (TPSA) is 38.7 Å². The third-order valence-electron chi connectivity index (χ3n) is 2.98. The van der Waals surface area contributed by atoms with Crippen molar-refractivity contribution in [3.8, 4) is 21.1 Å². The molecule has 0 aliphatic heterocycles. The van der Waals surface area contributed by atoms with Crippen molar-refractivity contribution in [1.82, 2.24) is 15.2 Å². The number of thioether (sulfide) groups is 1. The van der Waals surface area contributed by atoms with Crippen LogP contribution in [-0.4, -0.2) is 20.9 Å². The third-order valence-corrected chi connectivity index (χ3v) is 5.01. The summed E-state index contributed by atoms with van der Waals surface area (Å²) in [6, 6.07) is 14.3. The van der Waals surface area contributed by atoms with E-state index >= 15 is 0 Å². The van der Waals surface area contributed by atoms with E-state index in [1.54, 1.807) is 23.1 Å². The monoisotopic (exact) mass is 313 g/mol. The van der Waals surface area contributed by atoms with Crippen LogP contribution in [0, 0.1) is 6.92 Å². The molecule has 0 atom stereocenters. The van der Waals surface area contributed by atoms with E-state index in [-0.39, 0.29) is 0 Å². The second-order valence-electron chi connectivity index (χ2n) is 4.49. The van der Waals surface area contributed by atoms with Crippen molar-refractivity contribution in [1.29, 1.82) is 0 Å². The van der Waals surface area contributed by atoms with Crippen LogP contribution < -0.4 is 0 Å². The minimum absolute atomic E-state index is 0.896. The summed E-state index contributed by atoms with van der Waals surface area (Å²) in [5.41, 5.74) is 3.04. The standard InChI is InChI=1S/C16H15N3S2/c1-3-20-14-10-9-13(18-19-14)15-11(2)17-16(21-15)12-7-5-4-6-8-12/h4-10H,3H2,1-2H3. The first-order valence-corrected chi connectivity index (χ1v) is 8.58. The molecule has 0 unspecified atom stereocenters. The van der Waals surface area contributed by atoms with Crippen LogP contribution >= 0.6 is 23.1 Å². The largest absolute Gasteiger partial charge is 0.241 e. The molecule has 3 rings (SSSR count). The van der Waals surface area contributed by atoms with E-state index in [1.807, 2.05) is 37.3 Å². The van der Waals surface area contributed by atoms with Gasteiger partial charge in [0.25, 0.3) is 0 Å². The second-order valence-corrected chi connectivity index (χ2v) is 6.77. The SMILES string of the molecule is CCSc1ccc(-c2sc(-c3ccccc3)nc2C)nn1. The van der Waals surface area contributed by atoms with Gasteiger partial charge in [-0.25, -0.2) is 4.98 Å². The van der Waals surface area contributed by atoms with Gasteiger partial charge in [-0.1, -0.05) is 37.3 Å². The molecule has 3 nitrogen and oxygen atoms in total. The fraction of sp³-hybridized carbons (Fsp3) is 0.188. The van der Waals surface area contributed by atoms with E-state index in [1.165, 1.54) is 0 Å². The highest BCUT2D eigenvalue weighted by atomic mass is 32.2. The Kier molecular flexibility index (Phi) is 4.31. The van der Waals surface area contributed by atoms with Crippen LogP contribution in [0.2, 0.25) is 0 Å². The van der Waals surface area contributed by atoms with Gasteiger partial charge < -0.3 is 0 Å². The molecular weight excluding hydrogens is 298 g/mol. The smallest absolute Gasteiger partial charge is 0.124 e. The van der Waals surface area contributed by atoms with Gasteiger partial charge in [0.1, 0.15) is 15.7 Å². The lowest BCUT2D eigenvalue weighted by Crippen LogP contribution is -1.89. The fourth-order valence-electron chi connectivity index (χ4n) is 2.00. The van der Waals surface area contributed by atoms with E-state index < -0.39 is 0 Å². The van der Waals surface area contributed by atoms with Crippen LogP contribution in [0.4, 0.5) is 0 Å². The lowest BCUT2D eigenvalue weighted by molar-refractivity contribution is 0.936. The molecule has 0 N–H and O–H groups in total. The average Bonchev–Trinajstić information content (AvgIpc) is 2.91. The van der Waals surface area contributed by atoms with Crippen molar-refractivity contribution >= 4 is 23.1 Å². The van der Waals surface area contributed by atoms with Crippen LogP contribution in [0.3, 0.4) is 0 Å². The molecule has 0 bridgehead atoms. The molecule has 2 aromatic heterocycles. The Labute approximate surface area is 132 Å². The van der Waals surface area contributed by atoms with Gasteiger partial charge in [-0.2, -0.15) is 0 Å². The maximum absolute atomic E-state index is 4.66. The van der Waals surface area contributed by atoms with Crippen molar-refractivity contribution in [2.75, 3.05) is 5.75 Å². The number of benzene rings is 1. The molecule has 3 aromatic rings. The van der Waals surface area contributed by atoms with Crippen LogP contribution in [0.5, 0.6) is 0 Å². The Morgan fingerprint density at radius 2 is 1.86 bits per heavy atom. The Hall–Kier alpha value is -1.72. The highest BCUT2D eigenvalue weighted by molar-refractivity contribution is 7.99. The fourth-order valence-corrected chi connectivity index (χ4v) is 3.60. The highest BCUT2D eigenvalue weighted by Crippen LogP contribution is 2.34. The minimum atomic E-state index is 0.896. The van der Waals surface area contributed by atoms with Gasteiger partial charge in [0, 0.05) is 5.56 Å². The van der Waals surface area contributed by atoms with E-state index in [2.05, 4.69) is 34.2 Å². The normalized spacial score (nSPS) is 10.8. The molecule has 0 amide bonds. The maximum Gasteiger partial charge on any atom is 0.124 e. The van der Waals surface area contributed by atoms with Gasteiger partial charge >= 0.3 is 0 Å². The second kappa shape index (κ2) is 6.37. The Morgan fingerprint density at radius 1 is 1.05 bits per heavy atom. The van der Waals surface area contributed by atoms with E-state index in [0.29, 0.717) is 0 Å². The lowest BCUT2D eigenvalue weighted by atomic mass is 10.2. The van der Waals surface area contributed by atoms with Gasteiger partial charge in [0.15, 0.2) is 0 Å². The summed E-state index contributed by atoms with van der Waals surface area (Å²) in [6.45, 7) is 4.13. The quantitative estimate of drug-likeness (QED) is 0.655. The first-order chi connectivity index (χ1) is 10.3. The summed E-state index contributed by atoms with van der Waals surface area (Å²) in [5.74, 6) is 1.01. The van der Waals surface area contributed by atoms with Gasteiger partial charge in [0.05, 0.1) is 10.6 Å². The van der Waals surface area contributed by atoms with E-state index in [0.717, 1.165) is 37.6 Å². The molecule has 21 heavy (non-hydrogen) atoms. The van der Waals surface area contributed by atoms with Gasteiger partial charge in [-0.3, -0.25) is 0 Å². The number of rotatable bonds is 4. The maximum atomic E-state index is 4.66. The van der Waals surface area contributed by atoms with Crippen molar-refractivity contribution < 1.29 is 0 Å². The molecule has 2 heterocycles. The molecule has 106 valence electrons. The third kappa shape index (κ3) is 3.14. The zero-order valence-electron chi connectivity index (χ0n) is 11.9. The van der Waals surface area contributed by atoms with Crippen LogP contribution in [0.15, 0.2) is 47.5 Å². The lowest BCUT2D eigenvalue weighted by Gasteiger charge is -1.99. The van der Waals surface area contributed by atoms with Crippen LogP contribution in [0.1, 0.15) is 12.6 Å². The summed E-state index contributed by atoms with van der Waals surface area (Å²) in [4.78, 5) is 5.75. The van der Waals surface area contributed by atoms with E-state index in [9.17, 15) is 0 Å². The number of aromatic nitrogens is 3. The van der Waals surface area contributed by atoms with Crippen molar-refractivity contribution in [3.05, 3.63) is 48.2 Å². The molecule has 0 aliphatic carbocycles. The Bertz CT molecular complexity index is 721. The predicted octanol–water partition coefficient (Wildman–Crippen LogP) is 4.69. The number of hydrogen-bond donors (Lipinski definition) is 0. The zero-order chi connectivity index (χ0) is 14.7. The average molecular weight is 313 g/mol. The van der Waals surface area contributed by atoms with Crippen LogP contribution in [0.25, 0.3) is 21.1 Å². The number of thiazole rings is 1. The molecule has 0 saturated carbocycles. The van der Waals surface area contributed by atoms with Gasteiger partial charge in [-0.05, 0) is 24.8 Å². The molecule has 1 aromatic carbocycles. The van der Waals surface area contributed by atoms with Gasteiger partial charge in [-0.15, -0.1) is 33.3 Å². The Balaban J connectivity index is 1.94. The molecular formula is C16H15N3S2. The first kappa shape index (κ1) is 14.2. The summed E-state index contributed by atoms with van der Waals surface area (Å²) >= 11 is 3.36. The molecule has 0 aliphatic rings. The Morgan fingerprint density at radius 3 is 2.52 bits per heavy atom. The number of hydrogen-bond acceptors (Lipinski definition) is 5. The van der Waals surface area contributed by atoms with Crippen molar-refractivity contribution in [2.45, 2.75) is 18.9 Å². The first-order valence-electron chi connectivity index (χ1n) is 6.77. The highest BCUT2D eigenvalue weighted by Gasteiger charge is 2.12. The minimum Gasteiger partial charge on any atom is -0.241 e. The summed E-state index contributed by atoms with van der Waals surface area (Å²) in [7, 11) is 0. The van der Waals surface area contributed by atoms with E-state index in [4.69, 9.17) is 0 Å². The molecule has 5 heteroatoms. The zero-order valence-corrected chi connectivity index (χ0v) is 13.5.